The predicted octanol–water partition coefficient (Wildman–Crippen LogP) is -6.04. The third kappa shape index (κ3) is 6.11. The molecule has 0 spiro atoms. The summed E-state index contributed by atoms with van der Waals surface area (Å²) in [5.74, 6) is 1.75. The number of hydrogen-bond donors (Lipinski definition) is 0. The van der Waals surface area contributed by atoms with Gasteiger partial charge in [-0.05, 0) is 36.4 Å². The van der Waals surface area contributed by atoms with Crippen LogP contribution in [0.15, 0.2) is 42.5 Å². The van der Waals surface area contributed by atoms with Crippen molar-refractivity contribution in [1.29, 1.82) is 0 Å². The number of carboxylic acid groups (broad SMARTS) is 2. The van der Waals surface area contributed by atoms with Crippen LogP contribution in [0.5, 0.6) is 0 Å². The summed E-state index contributed by atoms with van der Waals surface area (Å²) in [5.41, 5.74) is -0.137. The summed E-state index contributed by atoms with van der Waals surface area (Å²) < 4.78 is 12.7. The zero-order chi connectivity index (χ0) is 15.4. The number of carbonyl (C=O) groups excluding carboxylic acids is 2. The Morgan fingerprint density at radius 3 is 1.78 bits per heavy atom. The number of benzene rings is 2. The average molecular weight is 328 g/mol. The second kappa shape index (κ2) is 9.89. The summed E-state index contributed by atoms with van der Waals surface area (Å²) >= 11 is 0. The van der Waals surface area contributed by atoms with Crippen molar-refractivity contribution in [1.82, 2.24) is 0 Å². The maximum atomic E-state index is 12.7. The van der Waals surface area contributed by atoms with Gasteiger partial charge in [-0.1, -0.05) is 17.9 Å². The Morgan fingerprint density at radius 2 is 1.26 bits per heavy atom. The quantitative estimate of drug-likeness (QED) is 0.406. The van der Waals surface area contributed by atoms with Gasteiger partial charge in [-0.2, -0.15) is 0 Å². The maximum Gasteiger partial charge on any atom is 1.00 e. The van der Waals surface area contributed by atoms with Gasteiger partial charge in [0.15, 0.2) is 0 Å². The van der Waals surface area contributed by atoms with E-state index < -0.39 is 28.9 Å². The average Bonchev–Trinajstić information content (AvgIpc) is 2.46. The Balaban J connectivity index is 0.00000242. The van der Waals surface area contributed by atoms with E-state index >= 15 is 0 Å². The maximum absolute atomic E-state index is 12.7. The van der Waals surface area contributed by atoms with Crippen molar-refractivity contribution in [2.75, 3.05) is 0 Å². The molecule has 4 nitrogen and oxygen atoms in total. The minimum absolute atomic E-state index is 0. The Morgan fingerprint density at radius 1 is 0.783 bits per heavy atom. The number of carboxylic acids is 2. The van der Waals surface area contributed by atoms with Crippen LogP contribution in [0.1, 0.15) is 31.8 Å². The van der Waals surface area contributed by atoms with Crippen LogP contribution in [0.25, 0.3) is 0 Å². The first kappa shape index (κ1) is 21.9. The largest absolute Gasteiger partial charge is 1.00 e. The smallest absolute Gasteiger partial charge is 0.545 e. The van der Waals surface area contributed by atoms with Gasteiger partial charge in [-0.25, -0.2) is 4.39 Å². The van der Waals surface area contributed by atoms with Crippen molar-refractivity contribution in [2.45, 2.75) is 0 Å². The molecular formula is C16H7FNa2O4. The fourth-order valence-corrected chi connectivity index (χ4v) is 1.65. The topological polar surface area (TPSA) is 80.3 Å². The van der Waals surface area contributed by atoms with Crippen molar-refractivity contribution >= 4 is 11.9 Å². The monoisotopic (exact) mass is 328 g/mol. The van der Waals surface area contributed by atoms with Crippen LogP contribution in [-0.2, 0) is 0 Å². The summed E-state index contributed by atoms with van der Waals surface area (Å²) in [6.07, 6.45) is 0. The van der Waals surface area contributed by atoms with Crippen LogP contribution in [0.2, 0.25) is 0 Å². The number of rotatable bonds is 2. The fraction of sp³-hybridized carbons (Fsp3) is 0. The predicted molar refractivity (Wildman–Crippen MR) is 67.5 cm³/mol. The van der Waals surface area contributed by atoms with E-state index in [-0.39, 0.29) is 59.1 Å². The van der Waals surface area contributed by atoms with E-state index in [4.69, 9.17) is 0 Å². The van der Waals surface area contributed by atoms with E-state index in [0.717, 1.165) is 12.1 Å². The molecule has 0 saturated carbocycles. The van der Waals surface area contributed by atoms with E-state index in [1.165, 1.54) is 30.3 Å². The second-order valence-electron chi connectivity index (χ2n) is 4.09. The first-order valence-electron chi connectivity index (χ1n) is 5.81. The molecular weight excluding hydrogens is 321 g/mol. The molecule has 0 saturated heterocycles. The molecule has 0 fully saturated rings. The van der Waals surface area contributed by atoms with Crippen LogP contribution < -0.4 is 69.3 Å². The van der Waals surface area contributed by atoms with Gasteiger partial charge in [0, 0.05) is 22.3 Å². The van der Waals surface area contributed by atoms with Crippen molar-refractivity contribution in [3.8, 4) is 11.8 Å². The van der Waals surface area contributed by atoms with Gasteiger partial charge in [0.2, 0.25) is 0 Å². The van der Waals surface area contributed by atoms with Crippen LogP contribution in [0, 0.1) is 17.7 Å². The van der Waals surface area contributed by atoms with Gasteiger partial charge >= 0.3 is 59.1 Å². The number of carbonyl (C=O) groups is 2. The Labute approximate surface area is 176 Å². The molecule has 0 aromatic heterocycles. The van der Waals surface area contributed by atoms with Crippen molar-refractivity contribution < 1.29 is 83.3 Å². The van der Waals surface area contributed by atoms with Gasteiger partial charge in [-0.3, -0.25) is 0 Å². The number of aromatic carboxylic acids is 2. The summed E-state index contributed by atoms with van der Waals surface area (Å²) in [6.45, 7) is 0. The Kier molecular flexibility index (Phi) is 9.40. The zero-order valence-corrected chi connectivity index (χ0v) is 16.6. The van der Waals surface area contributed by atoms with E-state index in [9.17, 15) is 24.2 Å². The summed E-state index contributed by atoms with van der Waals surface area (Å²) in [7, 11) is 0. The molecule has 0 amide bonds. The zero-order valence-electron chi connectivity index (χ0n) is 12.6. The van der Waals surface area contributed by atoms with Crippen molar-refractivity contribution in [2.24, 2.45) is 0 Å². The number of halogens is 1. The van der Waals surface area contributed by atoms with Crippen LogP contribution in [0.3, 0.4) is 0 Å². The third-order valence-corrected chi connectivity index (χ3v) is 2.65. The van der Waals surface area contributed by atoms with E-state index in [1.807, 2.05) is 0 Å². The van der Waals surface area contributed by atoms with E-state index in [1.54, 1.807) is 0 Å². The molecule has 0 atom stereocenters. The van der Waals surface area contributed by atoms with E-state index in [2.05, 4.69) is 11.8 Å². The van der Waals surface area contributed by atoms with Crippen LogP contribution in [0.4, 0.5) is 4.39 Å². The molecule has 0 aliphatic carbocycles. The standard InChI is InChI=1S/C16H9FO4.2Na/c17-12-6-3-10(4-7-12)1-2-11-5-8-13(15(18)19)14(9-11)16(20)21;;/h3-9H,(H,18,19)(H,20,21);;/q;2*+1/p-2. The van der Waals surface area contributed by atoms with Gasteiger partial charge in [-0.15, -0.1) is 0 Å². The Bertz CT molecular complexity index is 777. The molecule has 104 valence electrons. The van der Waals surface area contributed by atoms with Crippen LogP contribution in [-0.4, -0.2) is 11.9 Å². The first-order chi connectivity index (χ1) is 9.97. The number of hydrogen-bond acceptors (Lipinski definition) is 4. The van der Waals surface area contributed by atoms with E-state index in [0.29, 0.717) is 11.1 Å². The molecule has 2 aromatic rings. The molecule has 2 rings (SSSR count). The second-order valence-corrected chi connectivity index (χ2v) is 4.09. The third-order valence-electron chi connectivity index (χ3n) is 2.65. The molecule has 0 aliphatic heterocycles. The fourth-order valence-electron chi connectivity index (χ4n) is 1.65. The van der Waals surface area contributed by atoms with Crippen LogP contribution >= 0.6 is 0 Å². The molecule has 0 unspecified atom stereocenters. The first-order valence-corrected chi connectivity index (χ1v) is 5.81. The minimum atomic E-state index is -1.63. The summed E-state index contributed by atoms with van der Waals surface area (Å²) in [6, 6.07) is 8.97. The SMILES string of the molecule is O=C([O-])c1ccc(C#Cc2ccc(F)cc2)cc1C(=O)[O-].[Na+].[Na+]. The molecule has 7 heteroatoms. The molecule has 0 aliphatic rings. The van der Waals surface area contributed by atoms with Gasteiger partial charge < -0.3 is 19.8 Å². The molecule has 0 heterocycles. The molecule has 0 N–H and O–H groups in total. The van der Waals surface area contributed by atoms with Crippen molar-refractivity contribution in [3.63, 3.8) is 0 Å². The molecule has 0 bridgehead atoms. The summed E-state index contributed by atoms with van der Waals surface area (Å²) in [4.78, 5) is 21.7. The normalized spacial score (nSPS) is 8.74. The minimum Gasteiger partial charge on any atom is -0.545 e. The molecule has 0 radical (unpaired) electrons. The molecule has 2 aromatic carbocycles. The van der Waals surface area contributed by atoms with Crippen molar-refractivity contribution in [3.05, 3.63) is 70.5 Å². The van der Waals surface area contributed by atoms with Gasteiger partial charge in [0.25, 0.3) is 0 Å². The Hall–Kier alpha value is -1.13. The van der Waals surface area contributed by atoms with Gasteiger partial charge in [0.05, 0.1) is 11.9 Å². The summed E-state index contributed by atoms with van der Waals surface area (Å²) in [5, 5.41) is 21.7. The molecule has 23 heavy (non-hydrogen) atoms. The van der Waals surface area contributed by atoms with Gasteiger partial charge in [0.1, 0.15) is 5.82 Å².